The van der Waals surface area contributed by atoms with E-state index in [1.165, 1.54) is 0 Å². The molecule has 1 aromatic rings. The van der Waals surface area contributed by atoms with Gasteiger partial charge in [0.15, 0.2) is 0 Å². The molecule has 2 saturated heterocycles. The van der Waals surface area contributed by atoms with Crippen molar-refractivity contribution in [1.29, 1.82) is 5.26 Å². The van der Waals surface area contributed by atoms with E-state index in [2.05, 4.69) is 22.9 Å². The SMILES string of the molecule is CN1CCOC2CN(c3c(Cl)cccc3C#N)CC21. The molecule has 5 heteroatoms. The summed E-state index contributed by atoms with van der Waals surface area (Å²) in [6.45, 7) is 3.40. The first-order valence-corrected chi connectivity index (χ1v) is 6.84. The van der Waals surface area contributed by atoms with Crippen LogP contribution >= 0.6 is 11.6 Å². The molecule has 0 radical (unpaired) electrons. The highest BCUT2D eigenvalue weighted by atomic mass is 35.5. The summed E-state index contributed by atoms with van der Waals surface area (Å²) in [5.41, 5.74) is 1.48. The topological polar surface area (TPSA) is 39.5 Å². The van der Waals surface area contributed by atoms with Crippen molar-refractivity contribution < 1.29 is 4.74 Å². The maximum Gasteiger partial charge on any atom is 0.101 e. The van der Waals surface area contributed by atoms with Gasteiger partial charge in [0.05, 0.1) is 35.0 Å². The van der Waals surface area contributed by atoms with Crippen molar-refractivity contribution in [2.75, 3.05) is 38.2 Å². The van der Waals surface area contributed by atoms with Gasteiger partial charge in [0.1, 0.15) is 6.07 Å². The summed E-state index contributed by atoms with van der Waals surface area (Å²) in [5, 5.41) is 9.88. The number of hydrogen-bond acceptors (Lipinski definition) is 4. The van der Waals surface area contributed by atoms with Gasteiger partial charge in [0.25, 0.3) is 0 Å². The van der Waals surface area contributed by atoms with E-state index in [4.69, 9.17) is 16.3 Å². The average Bonchev–Trinajstić information content (AvgIpc) is 2.83. The molecule has 2 fully saturated rings. The number of para-hydroxylation sites is 1. The predicted molar refractivity (Wildman–Crippen MR) is 74.5 cm³/mol. The Labute approximate surface area is 118 Å². The molecule has 0 amide bonds. The van der Waals surface area contributed by atoms with E-state index in [-0.39, 0.29) is 6.10 Å². The molecule has 2 unspecified atom stereocenters. The molecule has 0 aliphatic carbocycles. The Balaban J connectivity index is 1.91. The van der Waals surface area contributed by atoms with Crippen LogP contribution in [0.5, 0.6) is 0 Å². The smallest absolute Gasteiger partial charge is 0.101 e. The Hall–Kier alpha value is -1.28. The summed E-state index contributed by atoms with van der Waals surface area (Å²) in [6.07, 6.45) is 0.210. The first-order chi connectivity index (χ1) is 9.20. The monoisotopic (exact) mass is 277 g/mol. The van der Waals surface area contributed by atoms with Gasteiger partial charge in [-0.1, -0.05) is 17.7 Å². The second kappa shape index (κ2) is 5.01. The van der Waals surface area contributed by atoms with E-state index in [1.807, 2.05) is 18.2 Å². The molecule has 2 heterocycles. The highest BCUT2D eigenvalue weighted by Crippen LogP contribution is 2.34. The Morgan fingerprint density at radius 2 is 2.26 bits per heavy atom. The van der Waals surface area contributed by atoms with Crippen LogP contribution in [0.3, 0.4) is 0 Å². The van der Waals surface area contributed by atoms with Crippen molar-refractivity contribution in [3.63, 3.8) is 0 Å². The third-order valence-corrected chi connectivity index (χ3v) is 4.31. The molecule has 0 aromatic heterocycles. The molecule has 0 N–H and O–H groups in total. The Bertz CT molecular complexity index is 528. The van der Waals surface area contributed by atoms with Crippen molar-refractivity contribution in [1.82, 2.24) is 4.90 Å². The molecule has 2 aliphatic heterocycles. The van der Waals surface area contributed by atoms with Gasteiger partial charge in [-0.2, -0.15) is 5.26 Å². The predicted octanol–water partition coefficient (Wildman–Crippen LogP) is 1.73. The number of morpholine rings is 1. The number of hydrogen-bond donors (Lipinski definition) is 0. The summed E-state index contributed by atoms with van der Waals surface area (Å²) < 4.78 is 5.83. The highest BCUT2D eigenvalue weighted by Gasteiger charge is 2.39. The molecule has 4 nitrogen and oxygen atoms in total. The average molecular weight is 278 g/mol. The van der Waals surface area contributed by atoms with Gasteiger partial charge in [0, 0.05) is 19.6 Å². The zero-order valence-electron chi connectivity index (χ0n) is 10.8. The van der Waals surface area contributed by atoms with Crippen LogP contribution in [0.25, 0.3) is 0 Å². The molecule has 0 bridgehead atoms. The third-order valence-electron chi connectivity index (χ3n) is 4.00. The van der Waals surface area contributed by atoms with Crippen molar-refractivity contribution in [3.05, 3.63) is 28.8 Å². The van der Waals surface area contributed by atoms with E-state index in [9.17, 15) is 5.26 Å². The van der Waals surface area contributed by atoms with Crippen LogP contribution in [0.4, 0.5) is 5.69 Å². The molecular weight excluding hydrogens is 262 g/mol. The lowest BCUT2D eigenvalue weighted by Gasteiger charge is -2.33. The molecule has 1 aromatic carbocycles. The minimum Gasteiger partial charge on any atom is -0.373 e. The fourth-order valence-electron chi connectivity index (χ4n) is 2.97. The number of benzene rings is 1. The molecular formula is C14H16ClN3O. The van der Waals surface area contributed by atoms with E-state index in [0.29, 0.717) is 16.6 Å². The number of anilines is 1. The highest BCUT2D eigenvalue weighted by molar-refractivity contribution is 6.33. The number of ether oxygens (including phenoxy) is 1. The van der Waals surface area contributed by atoms with E-state index < -0.39 is 0 Å². The molecule has 3 rings (SSSR count). The summed E-state index contributed by atoms with van der Waals surface area (Å²) in [4.78, 5) is 4.51. The first-order valence-electron chi connectivity index (χ1n) is 6.46. The third kappa shape index (κ3) is 2.18. The number of fused-ring (bicyclic) bond motifs is 1. The van der Waals surface area contributed by atoms with Crippen molar-refractivity contribution in [2.45, 2.75) is 12.1 Å². The van der Waals surface area contributed by atoms with Crippen LogP contribution in [0.15, 0.2) is 18.2 Å². The Kier molecular flexibility index (Phi) is 3.36. The van der Waals surface area contributed by atoms with Gasteiger partial charge in [-0.05, 0) is 19.2 Å². The van der Waals surface area contributed by atoms with Crippen molar-refractivity contribution >= 4 is 17.3 Å². The van der Waals surface area contributed by atoms with Gasteiger partial charge < -0.3 is 9.64 Å². The van der Waals surface area contributed by atoms with Crippen LogP contribution in [0, 0.1) is 11.3 Å². The zero-order chi connectivity index (χ0) is 13.4. The molecule has 19 heavy (non-hydrogen) atoms. The van der Waals surface area contributed by atoms with Gasteiger partial charge in [-0.3, -0.25) is 4.90 Å². The maximum absolute atomic E-state index is 9.24. The van der Waals surface area contributed by atoms with E-state index in [0.717, 1.165) is 31.9 Å². The minimum absolute atomic E-state index is 0.210. The van der Waals surface area contributed by atoms with Crippen LogP contribution in [-0.4, -0.2) is 50.3 Å². The Morgan fingerprint density at radius 1 is 1.42 bits per heavy atom. The van der Waals surface area contributed by atoms with Crippen molar-refractivity contribution in [2.24, 2.45) is 0 Å². The molecule has 2 aliphatic rings. The van der Waals surface area contributed by atoms with Gasteiger partial charge in [-0.15, -0.1) is 0 Å². The molecule has 2 atom stereocenters. The van der Waals surface area contributed by atoms with Crippen LogP contribution in [0.1, 0.15) is 5.56 Å². The normalized spacial score (nSPS) is 27.1. The number of nitriles is 1. The fraction of sp³-hybridized carbons (Fsp3) is 0.500. The van der Waals surface area contributed by atoms with Gasteiger partial charge in [0.2, 0.25) is 0 Å². The second-order valence-electron chi connectivity index (χ2n) is 5.11. The van der Waals surface area contributed by atoms with Crippen LogP contribution in [0.2, 0.25) is 5.02 Å². The lowest BCUT2D eigenvalue weighted by Crippen LogP contribution is -2.48. The lowest BCUT2D eigenvalue weighted by molar-refractivity contribution is -0.0362. The van der Waals surface area contributed by atoms with Gasteiger partial charge in [-0.25, -0.2) is 0 Å². The lowest BCUT2D eigenvalue weighted by atomic mass is 10.1. The number of nitrogens with zero attached hydrogens (tertiary/aromatic N) is 3. The summed E-state index contributed by atoms with van der Waals surface area (Å²) in [6, 6.07) is 8.08. The molecule has 0 spiro atoms. The van der Waals surface area contributed by atoms with E-state index in [1.54, 1.807) is 0 Å². The standard InChI is InChI=1S/C14H16ClN3O/c1-17-5-6-19-13-9-18(8-12(13)17)14-10(7-16)3-2-4-11(14)15/h2-4,12-13H,5-6,8-9H2,1H3. The molecule has 0 saturated carbocycles. The summed E-state index contributed by atoms with van der Waals surface area (Å²) in [5.74, 6) is 0. The number of likely N-dealkylation sites (N-methyl/N-ethyl adjacent to an activating group) is 1. The summed E-state index contributed by atoms with van der Waals surface area (Å²) >= 11 is 6.27. The van der Waals surface area contributed by atoms with E-state index >= 15 is 0 Å². The number of rotatable bonds is 1. The number of halogens is 1. The largest absolute Gasteiger partial charge is 0.373 e. The second-order valence-corrected chi connectivity index (χ2v) is 5.52. The molecule has 100 valence electrons. The summed E-state index contributed by atoms with van der Waals surface area (Å²) in [7, 11) is 2.13. The quantitative estimate of drug-likeness (QED) is 0.784. The Morgan fingerprint density at radius 3 is 3.00 bits per heavy atom. The zero-order valence-corrected chi connectivity index (χ0v) is 11.6. The van der Waals surface area contributed by atoms with Crippen LogP contribution < -0.4 is 4.90 Å². The van der Waals surface area contributed by atoms with Crippen molar-refractivity contribution in [3.8, 4) is 6.07 Å². The van der Waals surface area contributed by atoms with Crippen LogP contribution in [-0.2, 0) is 4.74 Å². The minimum atomic E-state index is 0.210. The fourth-order valence-corrected chi connectivity index (χ4v) is 3.26. The van der Waals surface area contributed by atoms with Gasteiger partial charge >= 0.3 is 0 Å². The maximum atomic E-state index is 9.24. The first kappa shape index (κ1) is 12.7.